The molecule has 0 fully saturated rings. The predicted molar refractivity (Wildman–Crippen MR) is 109 cm³/mol. The van der Waals surface area contributed by atoms with Crippen molar-refractivity contribution < 1.29 is 0 Å². The molecule has 0 saturated heterocycles. The van der Waals surface area contributed by atoms with E-state index in [0.717, 1.165) is 39.2 Å². The van der Waals surface area contributed by atoms with Gasteiger partial charge in [-0.15, -0.1) is 0 Å². The Morgan fingerprint density at radius 1 is 1.26 bits per heavy atom. The predicted octanol–water partition coefficient (Wildman–Crippen LogP) is 5.29. The van der Waals surface area contributed by atoms with E-state index in [0.29, 0.717) is 6.04 Å². The van der Waals surface area contributed by atoms with Crippen LogP contribution in [0.1, 0.15) is 42.1 Å². The van der Waals surface area contributed by atoms with E-state index in [-0.39, 0.29) is 0 Å². The van der Waals surface area contributed by atoms with Crippen molar-refractivity contribution in [2.75, 3.05) is 12.3 Å². The molecule has 2 aromatic carbocycles. The number of anilines is 1. The minimum absolute atomic E-state index is 0.325. The second-order valence-corrected chi connectivity index (χ2v) is 7.21. The molecule has 1 heterocycles. The van der Waals surface area contributed by atoms with E-state index in [4.69, 9.17) is 17.3 Å². The van der Waals surface area contributed by atoms with E-state index in [1.54, 1.807) is 0 Å². The summed E-state index contributed by atoms with van der Waals surface area (Å²) in [4.78, 5) is 0. The van der Waals surface area contributed by atoms with Crippen LogP contribution in [0, 0.1) is 10.5 Å². The fourth-order valence-corrected chi connectivity index (χ4v) is 3.98. The number of fused-ring (bicyclic) bond motifs is 1. The number of hydrogen-bond acceptors (Lipinski definition) is 2. The van der Waals surface area contributed by atoms with Crippen LogP contribution < -0.4 is 11.1 Å². The molecule has 2 aromatic rings. The lowest BCUT2D eigenvalue weighted by Crippen LogP contribution is -2.31. The fraction of sp³-hybridized carbons (Fsp3) is 0.368. The standard InChI is InChI=1S/C17H18ClIN2.C2H6/c1-10-6-11(7-15(19)17(10)20)8-16-14-9-13(18)3-2-12(14)4-5-21-16;1-2/h2-3,6-7,9,16,21H,4-5,8,20H2,1H3;1-2H3. The van der Waals surface area contributed by atoms with Crippen LogP contribution in [0.2, 0.25) is 5.02 Å². The van der Waals surface area contributed by atoms with E-state index >= 15 is 0 Å². The van der Waals surface area contributed by atoms with Gasteiger partial charge < -0.3 is 11.1 Å². The Morgan fingerprint density at radius 3 is 2.70 bits per heavy atom. The first-order valence-corrected chi connectivity index (χ1v) is 9.56. The molecule has 0 spiro atoms. The van der Waals surface area contributed by atoms with Gasteiger partial charge in [-0.1, -0.05) is 37.6 Å². The van der Waals surface area contributed by atoms with Crippen LogP contribution in [-0.4, -0.2) is 6.54 Å². The van der Waals surface area contributed by atoms with E-state index in [9.17, 15) is 0 Å². The van der Waals surface area contributed by atoms with Gasteiger partial charge >= 0.3 is 0 Å². The average molecular weight is 443 g/mol. The molecular formula is C19H24ClIN2. The third kappa shape index (κ3) is 4.40. The molecule has 3 N–H and O–H groups in total. The summed E-state index contributed by atoms with van der Waals surface area (Å²) in [7, 11) is 0. The zero-order valence-corrected chi connectivity index (χ0v) is 16.8. The second-order valence-electron chi connectivity index (χ2n) is 5.61. The molecule has 3 rings (SSSR count). The number of nitrogen functional groups attached to an aromatic ring is 1. The Balaban J connectivity index is 0.000000924. The fourth-order valence-electron chi connectivity index (χ4n) is 2.97. The van der Waals surface area contributed by atoms with Crippen molar-refractivity contribution in [1.29, 1.82) is 0 Å². The first kappa shape index (κ1) is 18.6. The summed E-state index contributed by atoms with van der Waals surface area (Å²) in [5, 5.41) is 4.42. The lowest BCUT2D eigenvalue weighted by molar-refractivity contribution is 0.502. The molecule has 1 unspecified atom stereocenters. The van der Waals surface area contributed by atoms with Crippen molar-refractivity contribution in [2.24, 2.45) is 0 Å². The first-order chi connectivity index (χ1) is 11.0. The number of benzene rings is 2. The van der Waals surface area contributed by atoms with Crippen LogP contribution in [0.5, 0.6) is 0 Å². The Kier molecular flexibility index (Phi) is 6.74. The topological polar surface area (TPSA) is 38.0 Å². The van der Waals surface area contributed by atoms with Gasteiger partial charge in [0.15, 0.2) is 0 Å². The molecule has 124 valence electrons. The quantitative estimate of drug-likeness (QED) is 0.490. The number of halogens is 2. The molecule has 0 radical (unpaired) electrons. The summed E-state index contributed by atoms with van der Waals surface area (Å²) in [6.45, 7) is 7.09. The molecule has 1 aliphatic heterocycles. The summed E-state index contributed by atoms with van der Waals surface area (Å²) in [6, 6.07) is 10.9. The third-order valence-corrected chi connectivity index (χ3v) is 5.23. The SMILES string of the molecule is CC.Cc1cc(CC2NCCc3ccc(Cl)cc32)cc(I)c1N. The van der Waals surface area contributed by atoms with Gasteiger partial charge in [-0.3, -0.25) is 0 Å². The lowest BCUT2D eigenvalue weighted by Gasteiger charge is -2.27. The molecule has 0 aliphatic carbocycles. The summed E-state index contributed by atoms with van der Waals surface area (Å²) in [6.07, 6.45) is 2.03. The Morgan fingerprint density at radius 2 is 2.00 bits per heavy atom. The van der Waals surface area contributed by atoms with E-state index in [1.807, 2.05) is 19.9 Å². The van der Waals surface area contributed by atoms with Crippen molar-refractivity contribution in [3.05, 3.63) is 61.2 Å². The van der Waals surface area contributed by atoms with Gasteiger partial charge in [-0.05, 0) is 89.4 Å². The average Bonchev–Trinajstić information content (AvgIpc) is 2.55. The van der Waals surface area contributed by atoms with Crippen molar-refractivity contribution in [3.63, 3.8) is 0 Å². The van der Waals surface area contributed by atoms with Gasteiger partial charge in [0.2, 0.25) is 0 Å². The Bertz CT molecular complexity index is 662. The molecule has 0 amide bonds. The van der Waals surface area contributed by atoms with E-state index in [2.05, 4.69) is 59.1 Å². The van der Waals surface area contributed by atoms with Crippen LogP contribution in [-0.2, 0) is 12.8 Å². The molecule has 0 saturated carbocycles. The Hall–Kier alpha value is -0.780. The maximum absolute atomic E-state index is 6.17. The van der Waals surface area contributed by atoms with Crippen LogP contribution >= 0.6 is 34.2 Å². The maximum atomic E-state index is 6.17. The van der Waals surface area contributed by atoms with Crippen molar-refractivity contribution in [3.8, 4) is 0 Å². The Labute approximate surface area is 157 Å². The molecule has 1 aliphatic rings. The van der Waals surface area contributed by atoms with E-state index in [1.165, 1.54) is 16.7 Å². The molecule has 23 heavy (non-hydrogen) atoms. The normalized spacial score (nSPS) is 16.3. The summed E-state index contributed by atoms with van der Waals surface area (Å²) in [5.41, 5.74) is 12.1. The maximum Gasteiger partial charge on any atom is 0.0479 e. The number of nitrogens with one attached hydrogen (secondary N) is 1. The molecular weight excluding hydrogens is 419 g/mol. The highest BCUT2D eigenvalue weighted by molar-refractivity contribution is 14.1. The third-order valence-electron chi connectivity index (χ3n) is 4.10. The molecule has 0 aromatic heterocycles. The van der Waals surface area contributed by atoms with Gasteiger partial charge in [-0.2, -0.15) is 0 Å². The largest absolute Gasteiger partial charge is 0.398 e. The van der Waals surface area contributed by atoms with E-state index < -0.39 is 0 Å². The van der Waals surface area contributed by atoms with Crippen LogP contribution in [0.25, 0.3) is 0 Å². The summed E-state index contributed by atoms with van der Waals surface area (Å²) in [5.74, 6) is 0. The van der Waals surface area contributed by atoms with Gasteiger partial charge in [-0.25, -0.2) is 0 Å². The van der Waals surface area contributed by atoms with Crippen molar-refractivity contribution in [2.45, 2.75) is 39.7 Å². The minimum Gasteiger partial charge on any atom is -0.398 e. The number of hydrogen-bond donors (Lipinski definition) is 2. The summed E-state index contributed by atoms with van der Waals surface area (Å²) < 4.78 is 1.13. The van der Waals surface area contributed by atoms with Crippen molar-refractivity contribution in [1.82, 2.24) is 5.32 Å². The molecule has 1 atom stereocenters. The second kappa shape index (κ2) is 8.36. The van der Waals surface area contributed by atoms with Crippen LogP contribution in [0.3, 0.4) is 0 Å². The highest BCUT2D eigenvalue weighted by atomic mass is 127. The number of nitrogens with two attached hydrogens (primary N) is 1. The highest BCUT2D eigenvalue weighted by Crippen LogP contribution is 2.30. The van der Waals surface area contributed by atoms with Crippen molar-refractivity contribution >= 4 is 39.9 Å². The van der Waals surface area contributed by atoms with Crippen LogP contribution in [0.15, 0.2) is 30.3 Å². The number of rotatable bonds is 2. The molecule has 2 nitrogen and oxygen atoms in total. The van der Waals surface area contributed by atoms with Gasteiger partial charge in [0.25, 0.3) is 0 Å². The molecule has 0 bridgehead atoms. The van der Waals surface area contributed by atoms with Gasteiger partial charge in [0, 0.05) is 20.3 Å². The highest BCUT2D eigenvalue weighted by Gasteiger charge is 2.20. The van der Waals surface area contributed by atoms with Crippen LogP contribution in [0.4, 0.5) is 5.69 Å². The number of aryl methyl sites for hydroxylation is 1. The smallest absolute Gasteiger partial charge is 0.0479 e. The summed E-state index contributed by atoms with van der Waals surface area (Å²) >= 11 is 8.48. The monoisotopic (exact) mass is 442 g/mol. The molecule has 4 heteroatoms. The zero-order valence-electron chi connectivity index (χ0n) is 13.9. The van der Waals surface area contributed by atoms with Gasteiger partial charge in [0.05, 0.1) is 0 Å². The van der Waals surface area contributed by atoms with Gasteiger partial charge in [0.1, 0.15) is 0 Å². The minimum atomic E-state index is 0.325. The first-order valence-electron chi connectivity index (χ1n) is 8.11. The lowest BCUT2D eigenvalue weighted by atomic mass is 9.90. The zero-order chi connectivity index (χ0) is 17.0.